The van der Waals surface area contributed by atoms with Crippen LogP contribution in [-0.4, -0.2) is 61.7 Å². The number of amides is 1. The Morgan fingerprint density at radius 2 is 1.94 bits per heavy atom. The van der Waals surface area contributed by atoms with E-state index in [2.05, 4.69) is 51.9 Å². The first-order valence-electron chi connectivity index (χ1n) is 11.2. The number of benzene rings is 2. The highest BCUT2D eigenvalue weighted by Gasteiger charge is 2.29. The molecule has 1 saturated heterocycles. The summed E-state index contributed by atoms with van der Waals surface area (Å²) in [6.07, 6.45) is 0. The molecule has 10 heteroatoms. The Morgan fingerprint density at radius 1 is 1.18 bits per heavy atom. The number of nitrogens with zero attached hydrogens (tertiary/aromatic N) is 3. The first-order valence-corrected chi connectivity index (χ1v) is 12.7. The number of rotatable bonds is 7. The number of piperazine rings is 1. The molecule has 2 heterocycles. The summed E-state index contributed by atoms with van der Waals surface area (Å²) < 4.78 is 33.4. The van der Waals surface area contributed by atoms with Crippen molar-refractivity contribution >= 4 is 27.3 Å². The number of aromatic amines is 1. The van der Waals surface area contributed by atoms with Crippen LogP contribution in [0.2, 0.25) is 0 Å². The van der Waals surface area contributed by atoms with Crippen LogP contribution >= 0.6 is 0 Å². The first-order chi connectivity index (χ1) is 16.3. The Labute approximate surface area is 199 Å². The van der Waals surface area contributed by atoms with E-state index in [0.717, 1.165) is 5.69 Å². The van der Waals surface area contributed by atoms with Gasteiger partial charge in [0.2, 0.25) is 0 Å². The number of hydrogen-bond donors (Lipinski definition) is 2. The number of aromatic nitrogens is 2. The van der Waals surface area contributed by atoms with Crippen molar-refractivity contribution in [2.75, 3.05) is 35.9 Å². The molecule has 0 radical (unpaired) electrons. The Balaban J connectivity index is 1.42. The number of carbonyl (C=O) groups excluding carboxylic acids is 1. The average molecular weight is 484 g/mol. The van der Waals surface area contributed by atoms with Gasteiger partial charge >= 0.3 is 0 Å². The average Bonchev–Trinajstić information content (AvgIpc) is 3.31. The summed E-state index contributed by atoms with van der Waals surface area (Å²) >= 11 is 0. The molecule has 180 valence electrons. The maximum absolute atomic E-state index is 13.0. The number of hydrogen-bond acceptors (Lipinski definition) is 6. The zero-order valence-electron chi connectivity index (χ0n) is 19.5. The molecule has 1 amide bonds. The van der Waals surface area contributed by atoms with Gasteiger partial charge in [-0.1, -0.05) is 12.1 Å². The van der Waals surface area contributed by atoms with Gasteiger partial charge in [0, 0.05) is 43.1 Å². The fraction of sp³-hybridized carbons (Fsp3) is 0.333. The lowest BCUT2D eigenvalue weighted by atomic mass is 10.1. The zero-order chi connectivity index (χ0) is 24.3. The van der Waals surface area contributed by atoms with Crippen LogP contribution < -0.4 is 14.4 Å². The Bertz CT molecular complexity index is 1260. The van der Waals surface area contributed by atoms with E-state index < -0.39 is 10.0 Å². The second-order valence-electron chi connectivity index (χ2n) is 8.31. The third-order valence-electron chi connectivity index (χ3n) is 5.73. The fourth-order valence-electron chi connectivity index (χ4n) is 4.04. The van der Waals surface area contributed by atoms with E-state index in [0.29, 0.717) is 37.7 Å². The van der Waals surface area contributed by atoms with Gasteiger partial charge in [0.05, 0.1) is 6.61 Å². The summed E-state index contributed by atoms with van der Waals surface area (Å²) in [6, 6.07) is 16.3. The van der Waals surface area contributed by atoms with Crippen molar-refractivity contribution in [3.63, 3.8) is 0 Å². The van der Waals surface area contributed by atoms with E-state index in [1.54, 1.807) is 29.2 Å². The summed E-state index contributed by atoms with van der Waals surface area (Å²) in [7, 11) is -3.93. The van der Waals surface area contributed by atoms with E-state index in [-0.39, 0.29) is 22.7 Å². The van der Waals surface area contributed by atoms with Crippen molar-refractivity contribution in [2.45, 2.75) is 31.8 Å². The summed E-state index contributed by atoms with van der Waals surface area (Å²) in [5.74, 6) is 0.353. The molecule has 0 unspecified atom stereocenters. The number of H-pyrrole nitrogens is 1. The Morgan fingerprint density at radius 3 is 2.62 bits per heavy atom. The molecule has 1 aromatic heterocycles. The Kier molecular flexibility index (Phi) is 6.78. The predicted molar refractivity (Wildman–Crippen MR) is 131 cm³/mol. The van der Waals surface area contributed by atoms with Gasteiger partial charge in [0.15, 0.2) is 10.7 Å². The summed E-state index contributed by atoms with van der Waals surface area (Å²) in [6.45, 7) is 8.26. The maximum Gasteiger partial charge on any atom is 0.278 e. The molecule has 0 aliphatic carbocycles. The van der Waals surface area contributed by atoms with Crippen molar-refractivity contribution in [1.82, 2.24) is 15.1 Å². The Hall–Kier alpha value is -3.53. The molecule has 34 heavy (non-hydrogen) atoms. The summed E-state index contributed by atoms with van der Waals surface area (Å²) in [5, 5.41) is 6.30. The quantitative estimate of drug-likeness (QED) is 0.534. The van der Waals surface area contributed by atoms with Crippen molar-refractivity contribution in [2.24, 2.45) is 0 Å². The molecule has 1 atom stereocenters. The van der Waals surface area contributed by atoms with Crippen molar-refractivity contribution < 1.29 is 17.9 Å². The van der Waals surface area contributed by atoms with E-state index in [9.17, 15) is 13.2 Å². The summed E-state index contributed by atoms with van der Waals surface area (Å²) in [5.41, 5.74) is 2.77. The number of sulfonamides is 1. The highest BCUT2D eigenvalue weighted by atomic mass is 32.2. The first kappa shape index (κ1) is 23.6. The van der Waals surface area contributed by atoms with Gasteiger partial charge in [-0.25, -0.2) is 0 Å². The lowest BCUT2D eigenvalue weighted by Gasteiger charge is -2.41. The van der Waals surface area contributed by atoms with E-state index >= 15 is 0 Å². The largest absolute Gasteiger partial charge is 0.494 e. The SMILES string of the molecule is CCOc1ccc(NS(=O)(=O)c2cc(C(=O)N3CCN(c4cccc(C)c4)[C@H](C)C3)n[nH]2)cc1. The molecule has 3 aromatic rings. The molecule has 0 bridgehead atoms. The molecule has 1 aliphatic heterocycles. The molecule has 1 aliphatic rings. The molecular formula is C24H29N5O4S. The molecule has 2 N–H and O–H groups in total. The molecular weight excluding hydrogens is 454 g/mol. The van der Waals surface area contributed by atoms with Crippen LogP contribution in [0, 0.1) is 6.92 Å². The van der Waals surface area contributed by atoms with Crippen molar-refractivity contribution in [1.29, 1.82) is 0 Å². The lowest BCUT2D eigenvalue weighted by molar-refractivity contribution is 0.0720. The van der Waals surface area contributed by atoms with Gasteiger partial charge in [-0.15, -0.1) is 0 Å². The van der Waals surface area contributed by atoms with Gasteiger partial charge in [-0.05, 0) is 62.7 Å². The monoisotopic (exact) mass is 483 g/mol. The third kappa shape index (κ3) is 5.17. The minimum Gasteiger partial charge on any atom is -0.494 e. The second kappa shape index (κ2) is 9.76. The lowest BCUT2D eigenvalue weighted by Crippen LogP contribution is -2.53. The highest BCUT2D eigenvalue weighted by Crippen LogP contribution is 2.23. The number of nitrogens with one attached hydrogen (secondary N) is 2. The van der Waals surface area contributed by atoms with E-state index in [1.165, 1.54) is 11.6 Å². The molecule has 0 spiro atoms. The maximum atomic E-state index is 13.0. The standard InChI is InChI=1S/C24H29N5O4S/c1-4-33-21-10-8-19(9-11-21)27-34(31,32)23-15-22(25-26-23)24(30)28-12-13-29(18(3)16-28)20-7-5-6-17(2)14-20/h5-11,14-15,18,27H,4,12-13,16H2,1-3H3,(H,25,26)/t18-/m1/s1. The fourth-order valence-corrected chi connectivity index (χ4v) is 5.03. The second-order valence-corrected chi connectivity index (χ2v) is 9.96. The molecule has 1 fully saturated rings. The predicted octanol–water partition coefficient (Wildman–Crippen LogP) is 3.27. The highest BCUT2D eigenvalue weighted by molar-refractivity contribution is 7.92. The van der Waals surface area contributed by atoms with Gasteiger partial charge in [0.1, 0.15) is 5.75 Å². The third-order valence-corrected chi connectivity index (χ3v) is 7.02. The summed E-state index contributed by atoms with van der Waals surface area (Å²) in [4.78, 5) is 17.0. The molecule has 4 rings (SSSR count). The molecule has 9 nitrogen and oxygen atoms in total. The van der Waals surface area contributed by atoms with Gasteiger partial charge < -0.3 is 14.5 Å². The zero-order valence-corrected chi connectivity index (χ0v) is 20.3. The van der Waals surface area contributed by atoms with Gasteiger partial charge in [-0.3, -0.25) is 14.6 Å². The molecule has 0 saturated carbocycles. The van der Waals surface area contributed by atoms with Crippen LogP contribution in [0.25, 0.3) is 0 Å². The van der Waals surface area contributed by atoms with Gasteiger partial charge in [-0.2, -0.15) is 13.5 Å². The van der Waals surface area contributed by atoms with E-state index in [1.807, 2.05) is 13.0 Å². The number of aryl methyl sites for hydroxylation is 1. The van der Waals surface area contributed by atoms with Crippen molar-refractivity contribution in [3.05, 3.63) is 65.9 Å². The number of carbonyl (C=O) groups is 1. The topological polar surface area (TPSA) is 108 Å². The number of anilines is 2. The van der Waals surface area contributed by atoms with Crippen LogP contribution in [0.4, 0.5) is 11.4 Å². The van der Waals surface area contributed by atoms with Crippen molar-refractivity contribution in [3.8, 4) is 5.75 Å². The van der Waals surface area contributed by atoms with Crippen LogP contribution in [0.15, 0.2) is 59.6 Å². The van der Waals surface area contributed by atoms with Crippen LogP contribution in [0.5, 0.6) is 5.75 Å². The number of ether oxygens (including phenoxy) is 1. The van der Waals surface area contributed by atoms with Crippen LogP contribution in [0.1, 0.15) is 29.9 Å². The normalized spacial score (nSPS) is 16.4. The smallest absolute Gasteiger partial charge is 0.278 e. The van der Waals surface area contributed by atoms with E-state index in [4.69, 9.17) is 4.74 Å². The van der Waals surface area contributed by atoms with Crippen LogP contribution in [-0.2, 0) is 10.0 Å². The van der Waals surface area contributed by atoms with Crippen LogP contribution in [0.3, 0.4) is 0 Å². The minimum absolute atomic E-state index is 0.0725. The van der Waals surface area contributed by atoms with Gasteiger partial charge in [0.25, 0.3) is 15.9 Å². The minimum atomic E-state index is -3.93. The molecule has 2 aromatic carbocycles.